The number of rotatable bonds is 25. The summed E-state index contributed by atoms with van der Waals surface area (Å²) >= 11 is 0. The Balaban J connectivity index is 3.13. The van der Waals surface area contributed by atoms with E-state index in [0.717, 1.165) is 25.9 Å². The average molecular weight is 429 g/mol. The van der Waals surface area contributed by atoms with Crippen LogP contribution in [-0.4, -0.2) is 39.0 Å². The van der Waals surface area contributed by atoms with Crippen molar-refractivity contribution in [3.63, 3.8) is 0 Å². The van der Waals surface area contributed by atoms with E-state index in [-0.39, 0.29) is 5.97 Å². The van der Waals surface area contributed by atoms with Gasteiger partial charge in [0.1, 0.15) is 0 Å². The molecule has 0 radical (unpaired) electrons. The Kier molecular flexibility index (Phi) is 25.9. The molecule has 0 fully saturated rings. The van der Waals surface area contributed by atoms with Crippen LogP contribution in [0.5, 0.6) is 0 Å². The average Bonchev–Trinajstić information content (AvgIpc) is 2.75. The Morgan fingerprint density at radius 1 is 0.467 bits per heavy atom. The van der Waals surface area contributed by atoms with E-state index in [1.165, 1.54) is 89.9 Å². The van der Waals surface area contributed by atoms with Crippen LogP contribution in [0.1, 0.15) is 129 Å². The highest BCUT2D eigenvalue weighted by molar-refractivity contribution is 5.69. The monoisotopic (exact) mass is 428 g/mol. The van der Waals surface area contributed by atoms with Gasteiger partial charge in [-0.3, -0.25) is 4.79 Å². The number of esters is 1. The molecule has 0 aliphatic carbocycles. The van der Waals surface area contributed by atoms with Gasteiger partial charge in [-0.15, -0.1) is 0 Å². The van der Waals surface area contributed by atoms with Crippen molar-refractivity contribution in [3.8, 4) is 0 Å². The number of hydrogen-bond donors (Lipinski definition) is 0. The van der Waals surface area contributed by atoms with Crippen molar-refractivity contribution in [1.29, 1.82) is 0 Å². The highest BCUT2D eigenvalue weighted by Gasteiger charge is 2.02. The maximum absolute atomic E-state index is 11.7. The number of unbranched alkanes of at least 4 members (excludes halogenated alkanes) is 14. The zero-order valence-corrected chi connectivity index (χ0v) is 20.4. The summed E-state index contributed by atoms with van der Waals surface area (Å²) in [6.07, 6.45) is 22.0. The molecule has 0 aromatic rings. The second kappa shape index (κ2) is 26.4. The molecule has 0 aliphatic rings. The highest BCUT2D eigenvalue weighted by atomic mass is 16.5. The summed E-state index contributed by atoms with van der Waals surface area (Å²) < 4.78 is 16.3. The van der Waals surface area contributed by atoms with Crippen molar-refractivity contribution in [2.75, 3.05) is 33.0 Å². The van der Waals surface area contributed by atoms with Gasteiger partial charge in [0.05, 0.1) is 19.8 Å². The van der Waals surface area contributed by atoms with Crippen molar-refractivity contribution in [2.45, 2.75) is 129 Å². The van der Waals surface area contributed by atoms with Gasteiger partial charge in [-0.1, -0.05) is 104 Å². The van der Waals surface area contributed by atoms with E-state index < -0.39 is 0 Å². The molecular weight excluding hydrogens is 376 g/mol. The summed E-state index contributed by atoms with van der Waals surface area (Å²) in [5.74, 6) is -0.0890. The molecule has 0 saturated carbocycles. The molecule has 4 heteroatoms. The Morgan fingerprint density at radius 3 is 1.40 bits per heavy atom. The van der Waals surface area contributed by atoms with Crippen LogP contribution in [0.25, 0.3) is 0 Å². The molecule has 0 bridgehead atoms. The standard InChI is InChI=1S/C26H52O4/c1-3-5-7-9-10-11-12-13-14-15-16-18-23-30-26(27)20-19-22-29-25-24-28-21-17-8-6-4-2/h3-25H2,1-2H3. The summed E-state index contributed by atoms with van der Waals surface area (Å²) in [7, 11) is 0. The van der Waals surface area contributed by atoms with Crippen LogP contribution in [0.2, 0.25) is 0 Å². The minimum absolute atomic E-state index is 0.0890. The Hall–Kier alpha value is -0.610. The maximum Gasteiger partial charge on any atom is 0.305 e. The van der Waals surface area contributed by atoms with Gasteiger partial charge in [0.2, 0.25) is 0 Å². The van der Waals surface area contributed by atoms with Crippen LogP contribution in [-0.2, 0) is 19.0 Å². The Labute approximate surface area is 187 Å². The molecule has 0 unspecified atom stereocenters. The van der Waals surface area contributed by atoms with Crippen LogP contribution in [0.3, 0.4) is 0 Å². The van der Waals surface area contributed by atoms with Gasteiger partial charge in [-0.2, -0.15) is 0 Å². The lowest BCUT2D eigenvalue weighted by Gasteiger charge is -2.07. The lowest BCUT2D eigenvalue weighted by Crippen LogP contribution is -2.09. The van der Waals surface area contributed by atoms with Gasteiger partial charge < -0.3 is 14.2 Å². The lowest BCUT2D eigenvalue weighted by molar-refractivity contribution is -0.144. The van der Waals surface area contributed by atoms with Gasteiger partial charge >= 0.3 is 5.97 Å². The zero-order chi connectivity index (χ0) is 22.0. The van der Waals surface area contributed by atoms with Crippen LogP contribution < -0.4 is 0 Å². The van der Waals surface area contributed by atoms with Gasteiger partial charge in [0.25, 0.3) is 0 Å². The SMILES string of the molecule is CCCCCCCCCCCCCCOC(=O)CCCOCCOCCCCCC. The van der Waals surface area contributed by atoms with Crippen molar-refractivity contribution in [3.05, 3.63) is 0 Å². The van der Waals surface area contributed by atoms with Crippen LogP contribution in [0.15, 0.2) is 0 Å². The van der Waals surface area contributed by atoms with E-state index in [0.29, 0.717) is 32.8 Å². The van der Waals surface area contributed by atoms with Crippen molar-refractivity contribution >= 4 is 5.97 Å². The summed E-state index contributed by atoms with van der Waals surface area (Å²) in [6, 6.07) is 0. The third kappa shape index (κ3) is 25.4. The van der Waals surface area contributed by atoms with Crippen LogP contribution in [0, 0.1) is 0 Å². The summed E-state index contributed by atoms with van der Waals surface area (Å²) in [4.78, 5) is 11.7. The molecule has 30 heavy (non-hydrogen) atoms. The molecular formula is C26H52O4. The summed E-state index contributed by atoms with van der Waals surface area (Å²) in [6.45, 7) is 7.75. The van der Waals surface area contributed by atoms with Gasteiger partial charge in [-0.25, -0.2) is 0 Å². The molecule has 0 aliphatic heterocycles. The first-order chi connectivity index (χ1) is 14.8. The van der Waals surface area contributed by atoms with E-state index in [1.807, 2.05) is 0 Å². The Bertz CT molecular complexity index is 333. The van der Waals surface area contributed by atoms with E-state index in [4.69, 9.17) is 14.2 Å². The van der Waals surface area contributed by atoms with Crippen molar-refractivity contribution < 1.29 is 19.0 Å². The lowest BCUT2D eigenvalue weighted by atomic mass is 10.1. The fourth-order valence-electron chi connectivity index (χ4n) is 3.47. The molecule has 0 amide bonds. The molecule has 0 heterocycles. The molecule has 0 N–H and O–H groups in total. The second-order valence-electron chi connectivity index (χ2n) is 8.50. The van der Waals surface area contributed by atoms with Gasteiger partial charge in [0, 0.05) is 19.6 Å². The fraction of sp³-hybridized carbons (Fsp3) is 0.962. The first kappa shape index (κ1) is 29.4. The molecule has 0 atom stereocenters. The zero-order valence-electron chi connectivity index (χ0n) is 20.4. The van der Waals surface area contributed by atoms with E-state index in [2.05, 4.69) is 13.8 Å². The van der Waals surface area contributed by atoms with Gasteiger partial charge in [0.15, 0.2) is 0 Å². The Morgan fingerprint density at radius 2 is 0.867 bits per heavy atom. The third-order valence-corrected chi connectivity index (χ3v) is 5.44. The minimum atomic E-state index is -0.0890. The third-order valence-electron chi connectivity index (χ3n) is 5.44. The summed E-state index contributed by atoms with van der Waals surface area (Å²) in [5, 5.41) is 0. The van der Waals surface area contributed by atoms with E-state index >= 15 is 0 Å². The number of ether oxygens (including phenoxy) is 3. The fourth-order valence-corrected chi connectivity index (χ4v) is 3.47. The number of hydrogen-bond acceptors (Lipinski definition) is 4. The van der Waals surface area contributed by atoms with Crippen LogP contribution >= 0.6 is 0 Å². The molecule has 0 saturated heterocycles. The van der Waals surface area contributed by atoms with Crippen molar-refractivity contribution in [2.24, 2.45) is 0 Å². The molecule has 4 nitrogen and oxygen atoms in total. The summed E-state index contributed by atoms with van der Waals surface area (Å²) in [5.41, 5.74) is 0. The largest absolute Gasteiger partial charge is 0.466 e. The van der Waals surface area contributed by atoms with E-state index in [1.54, 1.807) is 0 Å². The molecule has 0 spiro atoms. The molecule has 0 aromatic heterocycles. The predicted molar refractivity (Wildman–Crippen MR) is 127 cm³/mol. The quantitative estimate of drug-likeness (QED) is 0.111. The topological polar surface area (TPSA) is 44.8 Å². The van der Waals surface area contributed by atoms with Gasteiger partial charge in [-0.05, 0) is 19.3 Å². The van der Waals surface area contributed by atoms with E-state index in [9.17, 15) is 4.79 Å². The highest BCUT2D eigenvalue weighted by Crippen LogP contribution is 2.12. The first-order valence-electron chi connectivity index (χ1n) is 13.1. The predicted octanol–water partition coefficient (Wildman–Crippen LogP) is 7.62. The maximum atomic E-state index is 11.7. The number of carbonyl (C=O) groups is 1. The first-order valence-corrected chi connectivity index (χ1v) is 13.1. The molecule has 0 aromatic carbocycles. The second-order valence-corrected chi connectivity index (χ2v) is 8.50. The number of carbonyl (C=O) groups excluding carboxylic acids is 1. The molecule has 180 valence electrons. The normalized spacial score (nSPS) is 11.1. The van der Waals surface area contributed by atoms with Crippen LogP contribution in [0.4, 0.5) is 0 Å². The smallest absolute Gasteiger partial charge is 0.305 e. The van der Waals surface area contributed by atoms with Crippen molar-refractivity contribution in [1.82, 2.24) is 0 Å². The minimum Gasteiger partial charge on any atom is -0.466 e. The molecule has 0 rings (SSSR count).